The Morgan fingerprint density at radius 3 is 2.25 bits per heavy atom. The van der Waals surface area contributed by atoms with Gasteiger partial charge in [0, 0.05) is 42.1 Å². The molecule has 0 N–H and O–H groups in total. The Hall–Kier alpha value is -4.73. The molecule has 0 radical (unpaired) electrons. The van der Waals surface area contributed by atoms with Crippen molar-refractivity contribution in [3.05, 3.63) is 132 Å². The van der Waals surface area contributed by atoms with E-state index in [9.17, 15) is 0 Å². The molecule has 3 heteroatoms. The molecule has 3 aromatic heterocycles. The topological polar surface area (TPSA) is 17.8 Å². The molecule has 0 unspecified atom stereocenters. The Morgan fingerprint density at radius 1 is 0.575 bits per heavy atom. The molecule has 3 heterocycles. The van der Waals surface area contributed by atoms with E-state index in [0.717, 1.165) is 17.1 Å². The fourth-order valence-corrected chi connectivity index (χ4v) is 7.27. The maximum Gasteiger partial charge on any atom is 0.138 e. The highest BCUT2D eigenvalue weighted by Crippen LogP contribution is 2.41. The second-order valence-electron chi connectivity index (χ2n) is 10.5. The molecule has 8 rings (SSSR count). The predicted octanol–water partition coefficient (Wildman–Crippen LogP) is 10.5. The average Bonchev–Trinajstić information content (AvgIpc) is 3.53. The minimum Gasteiger partial charge on any atom is -0.293 e. The Morgan fingerprint density at radius 2 is 1.35 bits per heavy atom. The summed E-state index contributed by atoms with van der Waals surface area (Å²) in [5.41, 5.74) is 9.55. The molecule has 0 amide bonds. The van der Waals surface area contributed by atoms with Crippen molar-refractivity contribution in [3.8, 4) is 28.2 Å². The van der Waals surface area contributed by atoms with E-state index >= 15 is 0 Å². The number of para-hydroxylation sites is 1. The molecule has 8 aromatic rings. The summed E-state index contributed by atoms with van der Waals surface area (Å²) in [6.45, 7) is 4.41. The van der Waals surface area contributed by atoms with Crippen LogP contribution in [-0.4, -0.2) is 9.55 Å². The first-order valence-electron chi connectivity index (χ1n) is 13.7. The Kier molecular flexibility index (Phi) is 5.16. The summed E-state index contributed by atoms with van der Waals surface area (Å²) in [5.74, 6) is 0.930. The monoisotopic (exact) mass is 530 g/mol. The van der Waals surface area contributed by atoms with Gasteiger partial charge in [-0.1, -0.05) is 84.9 Å². The molecule has 40 heavy (non-hydrogen) atoms. The van der Waals surface area contributed by atoms with Gasteiger partial charge in [0.1, 0.15) is 5.82 Å². The minimum absolute atomic E-state index is 0.930. The van der Waals surface area contributed by atoms with Gasteiger partial charge in [-0.25, -0.2) is 4.98 Å². The van der Waals surface area contributed by atoms with Crippen molar-refractivity contribution in [2.75, 3.05) is 0 Å². The SMILES string of the molecule is Cc1ccccc1-c1c(C)ccc2c3ccccc3n(-c3cccc(-c4ccc5sc6ccccc6c5c4)n3)c12. The third kappa shape index (κ3) is 3.45. The van der Waals surface area contributed by atoms with Crippen molar-refractivity contribution in [3.63, 3.8) is 0 Å². The number of hydrogen-bond acceptors (Lipinski definition) is 2. The molecule has 0 aliphatic rings. The first-order chi connectivity index (χ1) is 19.7. The molecule has 0 aliphatic carbocycles. The van der Waals surface area contributed by atoms with Crippen LogP contribution in [0.4, 0.5) is 0 Å². The Bertz CT molecular complexity index is 2250. The summed E-state index contributed by atoms with van der Waals surface area (Å²) in [6.07, 6.45) is 0. The molecule has 0 fully saturated rings. The van der Waals surface area contributed by atoms with Gasteiger partial charge in [0.05, 0.1) is 16.7 Å². The number of pyridine rings is 1. The van der Waals surface area contributed by atoms with Crippen molar-refractivity contribution in [1.29, 1.82) is 0 Å². The molecule has 0 spiro atoms. The zero-order valence-electron chi connectivity index (χ0n) is 22.3. The summed E-state index contributed by atoms with van der Waals surface area (Å²) in [7, 11) is 0. The van der Waals surface area contributed by atoms with Crippen LogP contribution in [0.2, 0.25) is 0 Å². The van der Waals surface area contributed by atoms with E-state index in [1.807, 2.05) is 11.3 Å². The zero-order valence-corrected chi connectivity index (χ0v) is 23.2. The highest BCUT2D eigenvalue weighted by atomic mass is 32.1. The van der Waals surface area contributed by atoms with Crippen LogP contribution in [0.3, 0.4) is 0 Å². The summed E-state index contributed by atoms with van der Waals surface area (Å²) < 4.78 is 4.99. The van der Waals surface area contributed by atoms with Crippen LogP contribution in [0.25, 0.3) is 70.2 Å². The molecule has 0 saturated heterocycles. The highest BCUT2D eigenvalue weighted by Gasteiger charge is 2.20. The average molecular weight is 531 g/mol. The normalized spacial score (nSPS) is 11.8. The van der Waals surface area contributed by atoms with Crippen LogP contribution >= 0.6 is 11.3 Å². The van der Waals surface area contributed by atoms with Gasteiger partial charge in [-0.05, 0) is 66.9 Å². The van der Waals surface area contributed by atoms with E-state index in [2.05, 4.69) is 140 Å². The van der Waals surface area contributed by atoms with Crippen molar-refractivity contribution >= 4 is 53.3 Å². The third-order valence-corrected chi connectivity index (χ3v) is 9.25. The Balaban J connectivity index is 1.41. The Labute approximate surface area is 236 Å². The standard InChI is InChI=1S/C37H26N2S/c1-23-10-3-4-11-26(23)36-24(2)18-20-29-27-12-5-7-15-32(27)39(37(29)36)35-17-9-14-31(38-35)25-19-21-34-30(22-25)28-13-6-8-16-33(28)40-34/h3-22H,1-2H3. The lowest BCUT2D eigenvalue weighted by Gasteiger charge is -2.15. The van der Waals surface area contributed by atoms with Gasteiger partial charge in [-0.2, -0.15) is 0 Å². The van der Waals surface area contributed by atoms with Gasteiger partial charge in [-0.15, -0.1) is 11.3 Å². The predicted molar refractivity (Wildman–Crippen MR) is 172 cm³/mol. The molecule has 2 nitrogen and oxygen atoms in total. The molecule has 5 aromatic carbocycles. The van der Waals surface area contributed by atoms with Gasteiger partial charge >= 0.3 is 0 Å². The van der Waals surface area contributed by atoms with Crippen molar-refractivity contribution < 1.29 is 0 Å². The molecular formula is C37H26N2S. The van der Waals surface area contributed by atoms with Gasteiger partial charge in [-0.3, -0.25) is 4.57 Å². The van der Waals surface area contributed by atoms with Gasteiger partial charge < -0.3 is 0 Å². The lowest BCUT2D eigenvalue weighted by Crippen LogP contribution is -2.01. The first kappa shape index (κ1) is 23.2. The van der Waals surface area contributed by atoms with Gasteiger partial charge in [0.25, 0.3) is 0 Å². The molecular weight excluding hydrogens is 504 g/mol. The maximum absolute atomic E-state index is 5.31. The highest BCUT2D eigenvalue weighted by molar-refractivity contribution is 7.25. The number of nitrogens with zero attached hydrogens (tertiary/aromatic N) is 2. The first-order valence-corrected chi connectivity index (χ1v) is 14.5. The van der Waals surface area contributed by atoms with E-state index in [1.54, 1.807) is 0 Å². The summed E-state index contributed by atoms with van der Waals surface area (Å²) in [6, 6.07) is 43.7. The maximum atomic E-state index is 5.31. The van der Waals surface area contributed by atoms with Crippen LogP contribution in [0.5, 0.6) is 0 Å². The molecule has 190 valence electrons. The number of rotatable bonds is 3. The fourth-order valence-electron chi connectivity index (χ4n) is 6.18. The van der Waals surface area contributed by atoms with E-state index in [4.69, 9.17) is 4.98 Å². The largest absolute Gasteiger partial charge is 0.293 e. The zero-order chi connectivity index (χ0) is 26.8. The molecule has 0 bridgehead atoms. The summed E-state index contributed by atoms with van der Waals surface area (Å²) in [5, 5.41) is 5.09. The fraction of sp³-hybridized carbons (Fsp3) is 0.0541. The minimum atomic E-state index is 0.930. The van der Waals surface area contributed by atoms with Crippen LogP contribution < -0.4 is 0 Å². The van der Waals surface area contributed by atoms with E-state index < -0.39 is 0 Å². The second kappa shape index (κ2) is 8.90. The number of hydrogen-bond donors (Lipinski definition) is 0. The second-order valence-corrected chi connectivity index (χ2v) is 11.6. The van der Waals surface area contributed by atoms with Crippen molar-refractivity contribution in [1.82, 2.24) is 9.55 Å². The molecule has 0 atom stereocenters. The third-order valence-electron chi connectivity index (χ3n) is 8.10. The lowest BCUT2D eigenvalue weighted by molar-refractivity contribution is 1.08. The number of aryl methyl sites for hydroxylation is 2. The number of fused-ring (bicyclic) bond motifs is 6. The van der Waals surface area contributed by atoms with Gasteiger partial charge in [0.15, 0.2) is 0 Å². The van der Waals surface area contributed by atoms with E-state index in [-0.39, 0.29) is 0 Å². The quantitative estimate of drug-likeness (QED) is 0.222. The van der Waals surface area contributed by atoms with Gasteiger partial charge in [0.2, 0.25) is 0 Å². The lowest BCUT2D eigenvalue weighted by atomic mass is 9.94. The van der Waals surface area contributed by atoms with Crippen LogP contribution in [0, 0.1) is 13.8 Å². The number of thiophene rings is 1. The van der Waals surface area contributed by atoms with E-state index in [1.165, 1.54) is 64.2 Å². The smallest absolute Gasteiger partial charge is 0.138 e. The van der Waals surface area contributed by atoms with Crippen LogP contribution in [0.1, 0.15) is 11.1 Å². The van der Waals surface area contributed by atoms with Crippen LogP contribution in [0.15, 0.2) is 121 Å². The molecule has 0 saturated carbocycles. The number of benzene rings is 5. The van der Waals surface area contributed by atoms with Crippen molar-refractivity contribution in [2.24, 2.45) is 0 Å². The number of aromatic nitrogens is 2. The van der Waals surface area contributed by atoms with E-state index in [0.29, 0.717) is 0 Å². The summed E-state index contributed by atoms with van der Waals surface area (Å²) >= 11 is 1.85. The summed E-state index contributed by atoms with van der Waals surface area (Å²) in [4.78, 5) is 5.31. The van der Waals surface area contributed by atoms with Crippen LogP contribution in [-0.2, 0) is 0 Å². The molecule has 0 aliphatic heterocycles. The van der Waals surface area contributed by atoms with Crippen molar-refractivity contribution in [2.45, 2.75) is 13.8 Å².